The topological polar surface area (TPSA) is 35.2 Å². The minimum atomic E-state index is -0.193. The highest BCUT2D eigenvalue weighted by Crippen LogP contribution is 2.34. The SMILES string of the molecule is CC(C)(CN)CC1Cc2cc(F)ccc2O1. The van der Waals surface area contributed by atoms with Gasteiger partial charge in [-0.25, -0.2) is 4.39 Å². The van der Waals surface area contributed by atoms with E-state index in [1.54, 1.807) is 12.1 Å². The van der Waals surface area contributed by atoms with Crippen LogP contribution in [0.2, 0.25) is 0 Å². The molecule has 0 saturated carbocycles. The fourth-order valence-electron chi connectivity index (χ4n) is 2.10. The summed E-state index contributed by atoms with van der Waals surface area (Å²) in [5.74, 6) is 0.625. The quantitative estimate of drug-likeness (QED) is 0.854. The Kier molecular flexibility index (Phi) is 2.89. The van der Waals surface area contributed by atoms with Crippen molar-refractivity contribution in [2.24, 2.45) is 11.1 Å². The molecule has 1 aromatic carbocycles. The molecule has 1 atom stereocenters. The molecular weight excluding hydrogens is 205 g/mol. The third-order valence-electron chi connectivity index (χ3n) is 3.10. The highest BCUT2D eigenvalue weighted by molar-refractivity contribution is 5.37. The molecule has 1 unspecified atom stereocenters. The van der Waals surface area contributed by atoms with Gasteiger partial charge in [0.15, 0.2) is 0 Å². The standard InChI is InChI=1S/C13H18FNO/c1-13(2,8-15)7-11-6-9-5-10(14)3-4-12(9)16-11/h3-5,11H,6-8,15H2,1-2H3. The second-order valence-corrected chi connectivity index (χ2v) is 5.27. The van der Waals surface area contributed by atoms with Crippen LogP contribution < -0.4 is 10.5 Å². The summed E-state index contributed by atoms with van der Waals surface area (Å²) in [4.78, 5) is 0. The van der Waals surface area contributed by atoms with E-state index in [0.29, 0.717) is 6.54 Å². The largest absolute Gasteiger partial charge is 0.490 e. The first-order chi connectivity index (χ1) is 7.50. The maximum Gasteiger partial charge on any atom is 0.123 e. The number of benzene rings is 1. The van der Waals surface area contributed by atoms with Gasteiger partial charge in [0.05, 0.1) is 0 Å². The summed E-state index contributed by atoms with van der Waals surface area (Å²) in [5.41, 5.74) is 6.74. The van der Waals surface area contributed by atoms with Crippen LogP contribution in [0.3, 0.4) is 0 Å². The summed E-state index contributed by atoms with van der Waals surface area (Å²) in [7, 11) is 0. The number of nitrogens with two attached hydrogens (primary N) is 1. The molecule has 0 radical (unpaired) electrons. The molecule has 0 amide bonds. The fourth-order valence-corrected chi connectivity index (χ4v) is 2.10. The van der Waals surface area contributed by atoms with Crippen LogP contribution in [0.15, 0.2) is 18.2 Å². The van der Waals surface area contributed by atoms with Gasteiger partial charge in [-0.2, -0.15) is 0 Å². The molecule has 1 aliphatic heterocycles. The van der Waals surface area contributed by atoms with E-state index in [9.17, 15) is 4.39 Å². The van der Waals surface area contributed by atoms with Crippen LogP contribution in [-0.4, -0.2) is 12.6 Å². The molecule has 2 rings (SSSR count). The molecule has 16 heavy (non-hydrogen) atoms. The average molecular weight is 223 g/mol. The van der Waals surface area contributed by atoms with Gasteiger partial charge in [-0.3, -0.25) is 0 Å². The summed E-state index contributed by atoms with van der Waals surface area (Å²) in [6.45, 7) is 4.89. The van der Waals surface area contributed by atoms with E-state index in [0.717, 1.165) is 24.2 Å². The Bertz CT molecular complexity index is 390. The zero-order valence-electron chi connectivity index (χ0n) is 9.79. The van der Waals surface area contributed by atoms with Crippen LogP contribution in [0, 0.1) is 11.2 Å². The Balaban J connectivity index is 2.06. The van der Waals surface area contributed by atoms with E-state index in [-0.39, 0.29) is 17.3 Å². The molecule has 0 saturated heterocycles. The molecule has 0 spiro atoms. The van der Waals surface area contributed by atoms with Crippen LogP contribution >= 0.6 is 0 Å². The van der Waals surface area contributed by atoms with E-state index < -0.39 is 0 Å². The zero-order chi connectivity index (χ0) is 11.8. The van der Waals surface area contributed by atoms with Gasteiger partial charge in [0, 0.05) is 12.0 Å². The molecule has 1 aliphatic rings. The van der Waals surface area contributed by atoms with E-state index >= 15 is 0 Å². The third-order valence-corrected chi connectivity index (χ3v) is 3.10. The number of halogens is 1. The van der Waals surface area contributed by atoms with Gasteiger partial charge in [-0.1, -0.05) is 13.8 Å². The molecule has 88 valence electrons. The second kappa shape index (κ2) is 4.06. The van der Waals surface area contributed by atoms with Gasteiger partial charge in [0.2, 0.25) is 0 Å². The number of hydrogen-bond acceptors (Lipinski definition) is 2. The van der Waals surface area contributed by atoms with Crippen molar-refractivity contribution in [1.29, 1.82) is 0 Å². The Morgan fingerprint density at radius 1 is 1.50 bits per heavy atom. The summed E-state index contributed by atoms with van der Waals surface area (Å²) >= 11 is 0. The number of hydrogen-bond donors (Lipinski definition) is 1. The molecular formula is C13H18FNO. The number of ether oxygens (including phenoxy) is 1. The first kappa shape index (κ1) is 11.4. The van der Waals surface area contributed by atoms with Crippen molar-refractivity contribution in [3.63, 3.8) is 0 Å². The second-order valence-electron chi connectivity index (χ2n) is 5.27. The maximum atomic E-state index is 13.0. The summed E-state index contributed by atoms with van der Waals surface area (Å²) in [5, 5.41) is 0. The Labute approximate surface area is 95.6 Å². The van der Waals surface area contributed by atoms with Crippen molar-refractivity contribution in [1.82, 2.24) is 0 Å². The van der Waals surface area contributed by atoms with Crippen molar-refractivity contribution in [2.75, 3.05) is 6.54 Å². The molecule has 2 N–H and O–H groups in total. The van der Waals surface area contributed by atoms with Crippen LogP contribution in [-0.2, 0) is 6.42 Å². The van der Waals surface area contributed by atoms with E-state index in [1.165, 1.54) is 6.07 Å². The van der Waals surface area contributed by atoms with Crippen molar-refractivity contribution >= 4 is 0 Å². The lowest BCUT2D eigenvalue weighted by molar-refractivity contribution is 0.161. The molecule has 1 aromatic rings. The molecule has 3 heteroatoms. The van der Waals surface area contributed by atoms with Crippen LogP contribution in [0.1, 0.15) is 25.8 Å². The predicted molar refractivity (Wildman–Crippen MR) is 62.0 cm³/mol. The first-order valence-corrected chi connectivity index (χ1v) is 5.65. The van der Waals surface area contributed by atoms with Crippen LogP contribution in [0.5, 0.6) is 5.75 Å². The van der Waals surface area contributed by atoms with Crippen molar-refractivity contribution in [2.45, 2.75) is 32.8 Å². The molecule has 0 aromatic heterocycles. The van der Waals surface area contributed by atoms with Gasteiger partial charge in [-0.05, 0) is 36.6 Å². The molecule has 1 heterocycles. The highest BCUT2D eigenvalue weighted by atomic mass is 19.1. The summed E-state index contributed by atoms with van der Waals surface area (Å²) in [6.07, 6.45) is 1.83. The summed E-state index contributed by atoms with van der Waals surface area (Å²) < 4.78 is 18.8. The van der Waals surface area contributed by atoms with Crippen molar-refractivity contribution in [3.05, 3.63) is 29.6 Å². The Hall–Kier alpha value is -1.09. The van der Waals surface area contributed by atoms with Gasteiger partial charge in [0.25, 0.3) is 0 Å². The first-order valence-electron chi connectivity index (χ1n) is 5.65. The maximum absolute atomic E-state index is 13.0. The molecule has 0 fully saturated rings. The van der Waals surface area contributed by atoms with Gasteiger partial charge >= 0.3 is 0 Å². The summed E-state index contributed by atoms with van der Waals surface area (Å²) in [6, 6.07) is 4.71. The lowest BCUT2D eigenvalue weighted by Crippen LogP contribution is -2.30. The van der Waals surface area contributed by atoms with Gasteiger partial charge in [0.1, 0.15) is 17.7 Å². The molecule has 0 aliphatic carbocycles. The minimum Gasteiger partial charge on any atom is -0.490 e. The Morgan fingerprint density at radius 2 is 2.25 bits per heavy atom. The highest BCUT2D eigenvalue weighted by Gasteiger charge is 2.29. The van der Waals surface area contributed by atoms with Crippen molar-refractivity contribution in [3.8, 4) is 5.75 Å². The van der Waals surface area contributed by atoms with Crippen LogP contribution in [0.4, 0.5) is 4.39 Å². The normalized spacial score (nSPS) is 19.4. The zero-order valence-corrected chi connectivity index (χ0v) is 9.79. The fraction of sp³-hybridized carbons (Fsp3) is 0.538. The number of rotatable bonds is 3. The monoisotopic (exact) mass is 223 g/mol. The van der Waals surface area contributed by atoms with E-state index in [1.807, 2.05) is 0 Å². The third kappa shape index (κ3) is 2.35. The van der Waals surface area contributed by atoms with Crippen molar-refractivity contribution < 1.29 is 9.13 Å². The molecule has 2 nitrogen and oxygen atoms in total. The average Bonchev–Trinajstić information content (AvgIpc) is 2.58. The van der Waals surface area contributed by atoms with Crippen LogP contribution in [0.25, 0.3) is 0 Å². The van der Waals surface area contributed by atoms with E-state index in [2.05, 4.69) is 13.8 Å². The lowest BCUT2D eigenvalue weighted by atomic mass is 9.86. The van der Waals surface area contributed by atoms with E-state index in [4.69, 9.17) is 10.5 Å². The minimum absolute atomic E-state index is 0.0747. The van der Waals surface area contributed by atoms with Gasteiger partial charge in [-0.15, -0.1) is 0 Å². The van der Waals surface area contributed by atoms with Gasteiger partial charge < -0.3 is 10.5 Å². The lowest BCUT2D eigenvalue weighted by Gasteiger charge is -2.25. The molecule has 0 bridgehead atoms. The number of fused-ring (bicyclic) bond motifs is 1. The Morgan fingerprint density at radius 3 is 2.94 bits per heavy atom. The predicted octanol–water partition coefficient (Wildman–Crippen LogP) is 2.50. The smallest absolute Gasteiger partial charge is 0.123 e.